The highest BCUT2D eigenvalue weighted by atomic mass is 16.5. The molecular weight excluding hydrogens is 224 g/mol. The highest BCUT2D eigenvalue weighted by Gasteiger charge is 2.49. The van der Waals surface area contributed by atoms with E-state index in [2.05, 4.69) is 58.9 Å². The van der Waals surface area contributed by atoms with E-state index in [1.54, 1.807) is 0 Å². The van der Waals surface area contributed by atoms with Crippen LogP contribution in [-0.4, -0.2) is 50.3 Å². The van der Waals surface area contributed by atoms with Crippen LogP contribution < -0.4 is 5.32 Å². The molecule has 0 aliphatic heterocycles. The van der Waals surface area contributed by atoms with Crippen LogP contribution in [0.1, 0.15) is 41.0 Å². The Morgan fingerprint density at radius 3 is 2.33 bits per heavy atom. The molecule has 0 saturated heterocycles. The van der Waals surface area contributed by atoms with Crippen molar-refractivity contribution in [3.8, 4) is 0 Å². The summed E-state index contributed by atoms with van der Waals surface area (Å²) in [5.74, 6) is 0.661. The number of likely N-dealkylation sites (N-methyl/N-ethyl adjacent to an activating group) is 1. The molecule has 18 heavy (non-hydrogen) atoms. The number of rotatable bonds is 7. The van der Waals surface area contributed by atoms with E-state index in [0.29, 0.717) is 24.1 Å². The molecule has 1 aliphatic carbocycles. The van der Waals surface area contributed by atoms with Crippen molar-refractivity contribution in [1.29, 1.82) is 0 Å². The third kappa shape index (κ3) is 3.69. The lowest BCUT2D eigenvalue weighted by molar-refractivity contribution is -0.117. The zero-order valence-corrected chi connectivity index (χ0v) is 13.3. The van der Waals surface area contributed by atoms with Crippen molar-refractivity contribution in [1.82, 2.24) is 10.2 Å². The molecule has 0 radical (unpaired) electrons. The van der Waals surface area contributed by atoms with Crippen molar-refractivity contribution in [2.24, 2.45) is 11.3 Å². The van der Waals surface area contributed by atoms with Crippen molar-refractivity contribution < 1.29 is 4.74 Å². The molecule has 1 fully saturated rings. The van der Waals surface area contributed by atoms with Crippen LogP contribution in [-0.2, 0) is 4.74 Å². The number of ether oxygens (including phenoxy) is 1. The minimum Gasteiger partial charge on any atom is -0.378 e. The normalized spacial score (nSPS) is 28.5. The van der Waals surface area contributed by atoms with E-state index >= 15 is 0 Å². The minimum atomic E-state index is 0.259. The minimum absolute atomic E-state index is 0.259. The van der Waals surface area contributed by atoms with Gasteiger partial charge in [0, 0.05) is 30.7 Å². The Morgan fingerprint density at radius 2 is 1.94 bits per heavy atom. The van der Waals surface area contributed by atoms with Gasteiger partial charge in [0.2, 0.25) is 0 Å². The molecule has 1 saturated carbocycles. The van der Waals surface area contributed by atoms with Crippen molar-refractivity contribution in [2.75, 3.05) is 27.2 Å². The first-order chi connectivity index (χ1) is 8.28. The molecule has 0 heterocycles. The molecule has 3 atom stereocenters. The van der Waals surface area contributed by atoms with Gasteiger partial charge in [-0.3, -0.25) is 0 Å². The van der Waals surface area contributed by atoms with Crippen molar-refractivity contribution in [3.05, 3.63) is 0 Å². The fraction of sp³-hybridized carbons (Fsp3) is 1.00. The van der Waals surface area contributed by atoms with Crippen LogP contribution in [0.5, 0.6) is 0 Å². The summed E-state index contributed by atoms with van der Waals surface area (Å²) in [7, 11) is 4.29. The van der Waals surface area contributed by atoms with Crippen LogP contribution in [0.4, 0.5) is 0 Å². The van der Waals surface area contributed by atoms with Crippen molar-refractivity contribution in [3.63, 3.8) is 0 Å². The highest BCUT2D eigenvalue weighted by Crippen LogP contribution is 2.43. The topological polar surface area (TPSA) is 24.5 Å². The lowest BCUT2D eigenvalue weighted by Crippen LogP contribution is -2.64. The Labute approximate surface area is 113 Å². The van der Waals surface area contributed by atoms with Crippen molar-refractivity contribution in [2.45, 2.75) is 59.2 Å². The van der Waals surface area contributed by atoms with Gasteiger partial charge in [-0.05, 0) is 33.4 Å². The first-order valence-electron chi connectivity index (χ1n) is 7.31. The van der Waals surface area contributed by atoms with E-state index < -0.39 is 0 Å². The van der Waals surface area contributed by atoms with Crippen LogP contribution in [0.15, 0.2) is 0 Å². The average molecular weight is 256 g/mol. The maximum absolute atomic E-state index is 5.80. The molecule has 3 heteroatoms. The zero-order chi connectivity index (χ0) is 13.9. The fourth-order valence-corrected chi connectivity index (χ4v) is 2.76. The third-order valence-corrected chi connectivity index (χ3v) is 4.33. The number of hydrogen-bond acceptors (Lipinski definition) is 3. The highest BCUT2D eigenvalue weighted by molar-refractivity contribution is 5.04. The van der Waals surface area contributed by atoms with Gasteiger partial charge in [-0.2, -0.15) is 0 Å². The molecule has 0 spiro atoms. The summed E-state index contributed by atoms with van der Waals surface area (Å²) >= 11 is 0. The van der Waals surface area contributed by atoms with E-state index in [0.717, 1.165) is 19.6 Å². The van der Waals surface area contributed by atoms with Crippen LogP contribution >= 0.6 is 0 Å². The van der Waals surface area contributed by atoms with Gasteiger partial charge in [-0.1, -0.05) is 27.7 Å². The SMILES string of the molecule is CCOC1CC(NC(CN(C)C)C(C)C)C1(C)C. The quantitative estimate of drug-likeness (QED) is 0.757. The van der Waals surface area contributed by atoms with Crippen LogP contribution in [0, 0.1) is 11.3 Å². The lowest BCUT2D eigenvalue weighted by Gasteiger charge is -2.53. The Morgan fingerprint density at radius 1 is 1.33 bits per heavy atom. The molecule has 0 aromatic carbocycles. The monoisotopic (exact) mass is 256 g/mol. The summed E-state index contributed by atoms with van der Waals surface area (Å²) in [4.78, 5) is 2.27. The van der Waals surface area contributed by atoms with E-state index in [9.17, 15) is 0 Å². The first-order valence-corrected chi connectivity index (χ1v) is 7.31. The second kappa shape index (κ2) is 6.36. The molecule has 108 valence electrons. The predicted octanol–water partition coefficient (Wildman–Crippen LogP) is 2.37. The number of nitrogens with one attached hydrogen (secondary N) is 1. The second-order valence-corrected chi connectivity index (χ2v) is 6.83. The van der Waals surface area contributed by atoms with Gasteiger partial charge in [-0.15, -0.1) is 0 Å². The van der Waals surface area contributed by atoms with Crippen LogP contribution in [0.2, 0.25) is 0 Å². The van der Waals surface area contributed by atoms with E-state index in [-0.39, 0.29) is 5.41 Å². The van der Waals surface area contributed by atoms with Crippen molar-refractivity contribution >= 4 is 0 Å². The van der Waals surface area contributed by atoms with E-state index in [1.807, 2.05) is 0 Å². The van der Waals surface area contributed by atoms with Gasteiger partial charge in [0.1, 0.15) is 0 Å². The fourth-order valence-electron chi connectivity index (χ4n) is 2.76. The summed E-state index contributed by atoms with van der Waals surface area (Å²) in [6.45, 7) is 13.2. The predicted molar refractivity (Wildman–Crippen MR) is 77.9 cm³/mol. The van der Waals surface area contributed by atoms with Crippen LogP contribution in [0.3, 0.4) is 0 Å². The lowest BCUT2D eigenvalue weighted by atomic mass is 9.64. The maximum Gasteiger partial charge on any atom is 0.0655 e. The molecule has 1 rings (SSSR count). The Balaban J connectivity index is 2.51. The molecule has 1 aliphatic rings. The largest absolute Gasteiger partial charge is 0.378 e. The molecule has 0 aromatic heterocycles. The average Bonchev–Trinajstić information content (AvgIpc) is 2.25. The Hall–Kier alpha value is -0.120. The second-order valence-electron chi connectivity index (χ2n) is 6.83. The maximum atomic E-state index is 5.80. The Kier molecular flexibility index (Phi) is 5.63. The molecule has 3 unspecified atom stereocenters. The molecule has 1 N–H and O–H groups in total. The van der Waals surface area contributed by atoms with Gasteiger partial charge < -0.3 is 15.0 Å². The summed E-state index contributed by atoms with van der Waals surface area (Å²) in [5, 5.41) is 3.84. The number of hydrogen-bond donors (Lipinski definition) is 1. The standard InChI is InChI=1S/C15H32N2O/c1-8-18-14-9-13(15(14,4)5)16-12(11(2)3)10-17(6)7/h11-14,16H,8-10H2,1-7H3. The first kappa shape index (κ1) is 15.9. The van der Waals surface area contributed by atoms with E-state index in [1.165, 1.54) is 0 Å². The summed E-state index contributed by atoms with van der Waals surface area (Å²) < 4.78 is 5.80. The zero-order valence-electron chi connectivity index (χ0n) is 13.3. The molecular formula is C15H32N2O. The van der Waals surface area contributed by atoms with Gasteiger partial charge in [-0.25, -0.2) is 0 Å². The molecule has 3 nitrogen and oxygen atoms in total. The van der Waals surface area contributed by atoms with Gasteiger partial charge in [0.25, 0.3) is 0 Å². The van der Waals surface area contributed by atoms with Gasteiger partial charge in [0.15, 0.2) is 0 Å². The molecule has 0 amide bonds. The van der Waals surface area contributed by atoms with Gasteiger partial charge in [0.05, 0.1) is 6.10 Å². The van der Waals surface area contributed by atoms with E-state index in [4.69, 9.17) is 4.74 Å². The smallest absolute Gasteiger partial charge is 0.0655 e. The third-order valence-electron chi connectivity index (χ3n) is 4.33. The summed E-state index contributed by atoms with van der Waals surface area (Å²) in [6, 6.07) is 1.15. The summed E-state index contributed by atoms with van der Waals surface area (Å²) in [6.07, 6.45) is 1.57. The molecule has 0 aromatic rings. The number of nitrogens with zero attached hydrogens (tertiary/aromatic N) is 1. The van der Waals surface area contributed by atoms with Gasteiger partial charge >= 0.3 is 0 Å². The Bertz CT molecular complexity index is 251. The van der Waals surface area contributed by atoms with Crippen LogP contribution in [0.25, 0.3) is 0 Å². The molecule has 0 bridgehead atoms. The summed E-state index contributed by atoms with van der Waals surface area (Å²) in [5.41, 5.74) is 0.259.